The highest BCUT2D eigenvalue weighted by atomic mass is 19.1. The number of hydrogen-bond acceptors (Lipinski definition) is 2. The van der Waals surface area contributed by atoms with Crippen molar-refractivity contribution in [3.8, 4) is 0 Å². The first kappa shape index (κ1) is 9.78. The maximum atomic E-state index is 12.8. The van der Waals surface area contributed by atoms with Crippen molar-refractivity contribution >= 4 is 5.91 Å². The molecule has 1 aromatic rings. The second-order valence-corrected chi connectivity index (χ2v) is 4.60. The van der Waals surface area contributed by atoms with Gasteiger partial charge in [0.1, 0.15) is 17.5 Å². The lowest BCUT2D eigenvalue weighted by atomic mass is 10.1. The zero-order valence-corrected chi connectivity index (χ0v) is 9.03. The summed E-state index contributed by atoms with van der Waals surface area (Å²) >= 11 is 0. The van der Waals surface area contributed by atoms with Gasteiger partial charge in [-0.3, -0.25) is 10.1 Å². The summed E-state index contributed by atoms with van der Waals surface area (Å²) in [5.41, 5.74) is 0.620. The predicted octanol–water partition coefficient (Wildman–Crippen LogP) is 1.42. The van der Waals surface area contributed by atoms with E-state index in [1.54, 1.807) is 24.1 Å². The van der Waals surface area contributed by atoms with Crippen LogP contribution in [0.15, 0.2) is 24.3 Å². The van der Waals surface area contributed by atoms with Gasteiger partial charge in [0.05, 0.1) is 0 Å². The van der Waals surface area contributed by atoms with Crippen molar-refractivity contribution in [3.05, 3.63) is 35.6 Å². The molecule has 1 aromatic carbocycles. The summed E-state index contributed by atoms with van der Waals surface area (Å²) in [4.78, 5) is 13.6. The fourth-order valence-corrected chi connectivity index (χ4v) is 2.31. The van der Waals surface area contributed by atoms with Gasteiger partial charge in [0.2, 0.25) is 5.91 Å². The predicted molar refractivity (Wildman–Crippen MR) is 57.0 cm³/mol. The molecule has 1 unspecified atom stereocenters. The highest BCUT2D eigenvalue weighted by Crippen LogP contribution is 2.45. The van der Waals surface area contributed by atoms with Gasteiger partial charge in [-0.2, -0.15) is 0 Å². The first-order chi connectivity index (χ1) is 7.62. The summed E-state index contributed by atoms with van der Waals surface area (Å²) in [7, 11) is 1.79. The van der Waals surface area contributed by atoms with E-state index in [0.29, 0.717) is 0 Å². The number of nitrogens with one attached hydrogen (secondary N) is 1. The van der Waals surface area contributed by atoms with Gasteiger partial charge in [-0.05, 0) is 30.5 Å². The minimum absolute atomic E-state index is 0.115. The lowest BCUT2D eigenvalue weighted by molar-refractivity contribution is -0.129. The van der Waals surface area contributed by atoms with Gasteiger partial charge in [-0.15, -0.1) is 0 Å². The Bertz CT molecular complexity index is 439. The highest BCUT2D eigenvalue weighted by Gasteiger charge is 2.58. The van der Waals surface area contributed by atoms with Crippen molar-refractivity contribution < 1.29 is 9.18 Å². The number of nitrogens with zero attached hydrogens (tertiary/aromatic N) is 1. The summed E-state index contributed by atoms with van der Waals surface area (Å²) in [5.74, 6) is -0.0984. The second-order valence-electron chi connectivity index (χ2n) is 4.60. The van der Waals surface area contributed by atoms with E-state index in [-0.39, 0.29) is 23.4 Å². The van der Waals surface area contributed by atoms with Crippen LogP contribution in [0.4, 0.5) is 4.39 Å². The van der Waals surface area contributed by atoms with Gasteiger partial charge in [0, 0.05) is 7.05 Å². The molecule has 4 heteroatoms. The molecule has 1 aliphatic heterocycles. The molecule has 1 amide bonds. The van der Waals surface area contributed by atoms with Crippen LogP contribution in [0.1, 0.15) is 24.6 Å². The molecule has 1 spiro atoms. The van der Waals surface area contributed by atoms with Gasteiger partial charge in [0.15, 0.2) is 0 Å². The Kier molecular flexibility index (Phi) is 1.86. The topological polar surface area (TPSA) is 32.3 Å². The van der Waals surface area contributed by atoms with Crippen molar-refractivity contribution in [1.82, 2.24) is 10.2 Å². The largest absolute Gasteiger partial charge is 0.324 e. The molecule has 1 saturated carbocycles. The Balaban J connectivity index is 1.91. The molecule has 0 bridgehead atoms. The lowest BCUT2D eigenvalue weighted by Crippen LogP contribution is -2.30. The fraction of sp³-hybridized carbons (Fsp3) is 0.417. The van der Waals surface area contributed by atoms with Crippen molar-refractivity contribution in [2.45, 2.75) is 24.5 Å². The molecular formula is C12H13FN2O. The average Bonchev–Trinajstić information content (AvgIpc) is 3.02. The number of rotatable bonds is 1. The van der Waals surface area contributed by atoms with Gasteiger partial charge in [-0.25, -0.2) is 4.39 Å². The first-order valence-electron chi connectivity index (χ1n) is 5.43. The van der Waals surface area contributed by atoms with E-state index in [0.717, 1.165) is 18.4 Å². The van der Waals surface area contributed by atoms with Crippen LogP contribution in [0, 0.1) is 5.82 Å². The normalized spacial score (nSPS) is 26.5. The summed E-state index contributed by atoms with van der Waals surface area (Å²) in [5, 5.41) is 3.33. The summed E-state index contributed by atoms with van der Waals surface area (Å²) in [6.45, 7) is 0. The molecule has 1 N–H and O–H groups in total. The fourth-order valence-electron chi connectivity index (χ4n) is 2.31. The van der Waals surface area contributed by atoms with Crippen molar-refractivity contribution in [2.75, 3.05) is 7.05 Å². The van der Waals surface area contributed by atoms with Crippen LogP contribution >= 0.6 is 0 Å². The van der Waals surface area contributed by atoms with Crippen molar-refractivity contribution in [1.29, 1.82) is 0 Å². The zero-order valence-electron chi connectivity index (χ0n) is 9.03. The molecule has 1 saturated heterocycles. The Labute approximate surface area is 93.2 Å². The molecule has 16 heavy (non-hydrogen) atoms. The van der Waals surface area contributed by atoms with Crippen LogP contribution in [0.2, 0.25) is 0 Å². The minimum atomic E-state index is -0.312. The summed E-state index contributed by atoms with van der Waals surface area (Å²) in [6, 6.07) is 6.29. The van der Waals surface area contributed by atoms with Gasteiger partial charge >= 0.3 is 0 Å². The SMILES string of the molecule is CN1C(=O)C2(CC2)NC1c1ccc(F)cc1. The van der Waals surface area contributed by atoms with E-state index in [2.05, 4.69) is 5.32 Å². The van der Waals surface area contributed by atoms with Gasteiger partial charge in [0.25, 0.3) is 0 Å². The zero-order chi connectivity index (χ0) is 11.3. The number of hydrogen-bond donors (Lipinski definition) is 1. The lowest BCUT2D eigenvalue weighted by Gasteiger charge is -2.19. The number of carbonyl (C=O) groups excluding carboxylic acids is 1. The molecule has 3 rings (SSSR count). The van der Waals surface area contributed by atoms with Crippen LogP contribution in [0.25, 0.3) is 0 Å². The number of carbonyl (C=O) groups is 1. The van der Waals surface area contributed by atoms with E-state index >= 15 is 0 Å². The maximum Gasteiger partial charge on any atom is 0.244 e. The molecule has 1 aliphatic carbocycles. The Morgan fingerprint density at radius 2 is 2.00 bits per heavy atom. The van der Waals surface area contributed by atoms with E-state index in [4.69, 9.17) is 0 Å². The molecule has 0 aromatic heterocycles. The third-order valence-electron chi connectivity index (χ3n) is 3.47. The van der Waals surface area contributed by atoms with Gasteiger partial charge < -0.3 is 4.90 Å². The van der Waals surface area contributed by atoms with Gasteiger partial charge in [-0.1, -0.05) is 12.1 Å². The Morgan fingerprint density at radius 1 is 1.38 bits per heavy atom. The number of amides is 1. The maximum absolute atomic E-state index is 12.8. The molecule has 0 radical (unpaired) electrons. The molecule has 2 aliphatic rings. The molecule has 1 heterocycles. The third-order valence-corrected chi connectivity index (χ3v) is 3.47. The van der Waals surface area contributed by atoms with E-state index in [1.165, 1.54) is 12.1 Å². The quantitative estimate of drug-likeness (QED) is 0.776. The van der Waals surface area contributed by atoms with Crippen molar-refractivity contribution in [2.24, 2.45) is 0 Å². The summed E-state index contributed by atoms with van der Waals surface area (Å²) < 4.78 is 12.8. The van der Waals surface area contributed by atoms with Crippen LogP contribution < -0.4 is 5.32 Å². The monoisotopic (exact) mass is 220 g/mol. The molecule has 2 fully saturated rings. The van der Waals surface area contributed by atoms with E-state index in [9.17, 15) is 9.18 Å². The molecule has 1 atom stereocenters. The summed E-state index contributed by atoms with van der Waals surface area (Å²) in [6.07, 6.45) is 1.71. The smallest absolute Gasteiger partial charge is 0.244 e. The first-order valence-corrected chi connectivity index (χ1v) is 5.43. The minimum Gasteiger partial charge on any atom is -0.324 e. The van der Waals surface area contributed by atoms with Crippen molar-refractivity contribution in [3.63, 3.8) is 0 Å². The van der Waals surface area contributed by atoms with Crippen LogP contribution in [-0.4, -0.2) is 23.4 Å². The molecule has 84 valence electrons. The number of benzene rings is 1. The molecular weight excluding hydrogens is 207 g/mol. The standard InChI is InChI=1S/C12H13FN2O/c1-15-10(8-2-4-9(13)5-3-8)14-12(6-7-12)11(15)16/h2-5,10,14H,6-7H2,1H3. The number of halogens is 1. The molecule has 3 nitrogen and oxygen atoms in total. The van der Waals surface area contributed by atoms with E-state index < -0.39 is 0 Å². The average molecular weight is 220 g/mol. The van der Waals surface area contributed by atoms with Crippen LogP contribution in [-0.2, 0) is 4.79 Å². The second kappa shape index (κ2) is 3.04. The highest BCUT2D eigenvalue weighted by molar-refractivity contribution is 5.91. The van der Waals surface area contributed by atoms with Crippen LogP contribution in [0.5, 0.6) is 0 Å². The van der Waals surface area contributed by atoms with Crippen LogP contribution in [0.3, 0.4) is 0 Å². The van der Waals surface area contributed by atoms with E-state index in [1.807, 2.05) is 0 Å². The Morgan fingerprint density at radius 3 is 2.50 bits per heavy atom. The Hall–Kier alpha value is -1.42. The number of likely N-dealkylation sites (N-methyl/N-ethyl adjacent to an activating group) is 1. The third kappa shape index (κ3) is 1.26.